The van der Waals surface area contributed by atoms with E-state index in [1.54, 1.807) is 36.4 Å². The summed E-state index contributed by atoms with van der Waals surface area (Å²) in [4.78, 5) is 49.7. The molecule has 0 saturated carbocycles. The van der Waals surface area contributed by atoms with Crippen LogP contribution in [0, 0.1) is 20.2 Å². The number of esters is 1. The van der Waals surface area contributed by atoms with E-state index in [0.29, 0.717) is 5.75 Å². The van der Waals surface area contributed by atoms with Crippen LogP contribution >= 0.6 is 0 Å². The largest absolute Gasteiger partial charge is 0.497 e. The number of methoxy groups -OCH3 is 1. The number of hydrogen-bond donors (Lipinski definition) is 1. The van der Waals surface area contributed by atoms with Crippen LogP contribution in [0.15, 0.2) is 59.8 Å². The molecule has 0 bridgehead atoms. The minimum absolute atomic E-state index is 0.0163. The van der Waals surface area contributed by atoms with Gasteiger partial charge in [0.2, 0.25) is 5.75 Å². The van der Waals surface area contributed by atoms with Gasteiger partial charge in [-0.3, -0.25) is 9.52 Å². The van der Waals surface area contributed by atoms with Gasteiger partial charge < -0.3 is 28.6 Å². The van der Waals surface area contributed by atoms with E-state index in [0.717, 1.165) is 11.9 Å². The maximum Gasteiger partial charge on any atom is 0.305 e. The molecule has 0 fully saturated rings. The number of ether oxygens (including phenoxy) is 4. The number of benzene rings is 2. The molecule has 3 aromatic rings. The Morgan fingerprint density at radius 1 is 1.00 bits per heavy atom. The molecule has 0 amide bonds. The van der Waals surface area contributed by atoms with Gasteiger partial charge in [0.15, 0.2) is 5.82 Å². The molecule has 260 valence electrons. The first-order chi connectivity index (χ1) is 22.7. The number of aromatic nitrogens is 2. The first-order valence-corrected chi connectivity index (χ1v) is 15.8. The highest BCUT2D eigenvalue weighted by molar-refractivity contribution is 7.92. The third-order valence-corrected chi connectivity index (χ3v) is 7.74. The van der Waals surface area contributed by atoms with E-state index >= 15 is 0 Å². The van der Waals surface area contributed by atoms with E-state index in [9.17, 15) is 33.4 Å². The Kier molecular flexibility index (Phi) is 13.0. The van der Waals surface area contributed by atoms with Crippen molar-refractivity contribution in [3.8, 4) is 23.1 Å². The molecule has 1 unspecified atom stereocenters. The maximum absolute atomic E-state index is 13.3. The third kappa shape index (κ3) is 11.7. The number of carbonyl (C=O) groups is 1. The lowest BCUT2D eigenvalue weighted by molar-refractivity contribution is -0.790. The van der Waals surface area contributed by atoms with Gasteiger partial charge in [0.1, 0.15) is 43.8 Å². The number of hydrogen-bond acceptors (Lipinski definition) is 15. The normalized spacial score (nSPS) is 11.9. The molecule has 3 rings (SSSR count). The van der Waals surface area contributed by atoms with Gasteiger partial charge >= 0.3 is 5.97 Å². The number of sulfonamides is 1. The summed E-state index contributed by atoms with van der Waals surface area (Å²) in [6, 6.07) is 12.9. The van der Waals surface area contributed by atoms with Crippen molar-refractivity contribution in [2.45, 2.75) is 56.4 Å². The van der Waals surface area contributed by atoms with Gasteiger partial charge in [0, 0.05) is 12.5 Å². The lowest BCUT2D eigenvalue weighted by atomic mass is 9.87. The van der Waals surface area contributed by atoms with E-state index in [1.807, 2.05) is 20.8 Å². The third-order valence-electron chi connectivity index (χ3n) is 6.39. The minimum atomic E-state index is -4.14. The molecular weight excluding hydrogens is 658 g/mol. The average molecular weight is 694 g/mol. The topological polar surface area (TPSA) is 231 Å². The van der Waals surface area contributed by atoms with Crippen LogP contribution in [0.25, 0.3) is 0 Å². The highest BCUT2D eigenvalue weighted by Gasteiger charge is 2.24. The molecule has 18 nitrogen and oxygen atoms in total. The monoisotopic (exact) mass is 693 g/mol. The van der Waals surface area contributed by atoms with E-state index < -0.39 is 38.9 Å². The van der Waals surface area contributed by atoms with Crippen LogP contribution in [-0.4, -0.2) is 67.6 Å². The predicted octanol–water partition coefficient (Wildman–Crippen LogP) is 4.25. The molecule has 0 aliphatic rings. The van der Waals surface area contributed by atoms with Crippen molar-refractivity contribution in [1.29, 1.82) is 0 Å². The summed E-state index contributed by atoms with van der Waals surface area (Å²) in [5.74, 6) is -0.557. The Morgan fingerprint density at radius 2 is 1.71 bits per heavy atom. The van der Waals surface area contributed by atoms with Crippen LogP contribution in [0.3, 0.4) is 0 Å². The molecule has 0 radical (unpaired) electrons. The minimum Gasteiger partial charge on any atom is -0.497 e. The zero-order valence-corrected chi connectivity index (χ0v) is 27.3. The molecule has 0 aliphatic heterocycles. The van der Waals surface area contributed by atoms with Crippen molar-refractivity contribution < 1.29 is 52.0 Å². The highest BCUT2D eigenvalue weighted by Crippen LogP contribution is 2.37. The highest BCUT2D eigenvalue weighted by atomic mass is 32.2. The van der Waals surface area contributed by atoms with E-state index in [-0.39, 0.29) is 66.0 Å². The smallest absolute Gasteiger partial charge is 0.305 e. The first-order valence-electron chi connectivity index (χ1n) is 14.3. The zero-order valence-electron chi connectivity index (χ0n) is 26.5. The molecular formula is C29H35N5O13S. The second-order valence-corrected chi connectivity index (χ2v) is 12.6. The molecule has 1 atom stereocenters. The molecule has 1 N–H and O–H groups in total. The van der Waals surface area contributed by atoms with Crippen LogP contribution in [0.4, 0.5) is 5.82 Å². The summed E-state index contributed by atoms with van der Waals surface area (Å²) >= 11 is 0. The summed E-state index contributed by atoms with van der Waals surface area (Å²) in [5.41, 5.74) is 0.755. The van der Waals surface area contributed by atoms with Crippen molar-refractivity contribution in [3.05, 3.63) is 80.7 Å². The number of nitrogens with zero attached hydrogens (tertiary/aromatic N) is 4. The number of nitrogens with one attached hydrogen (secondary N) is 1. The quantitative estimate of drug-likeness (QED) is 0.0800. The molecule has 1 aromatic heterocycles. The van der Waals surface area contributed by atoms with Gasteiger partial charge in [-0.25, -0.2) is 13.4 Å². The fourth-order valence-electron chi connectivity index (χ4n) is 4.00. The van der Waals surface area contributed by atoms with Gasteiger partial charge in [-0.05, 0) is 48.1 Å². The Bertz CT molecular complexity index is 1660. The molecule has 1 heterocycles. The SMILES string of the molecule is COc1cccc(Oc2c(NS(=O)(=O)c3ccc(C(C)(C)C)cc3)ncnc2OCCOC(=O)CCCC(CO[N+](=O)[O-])O[N+](=O)[O-])c1. The number of rotatable bonds is 19. The summed E-state index contributed by atoms with van der Waals surface area (Å²) in [6.45, 7) is 4.84. The van der Waals surface area contributed by atoms with E-state index in [1.165, 1.54) is 19.2 Å². The summed E-state index contributed by atoms with van der Waals surface area (Å²) in [6.07, 6.45) is -0.419. The van der Waals surface area contributed by atoms with Crippen molar-refractivity contribution in [2.24, 2.45) is 0 Å². The Balaban J connectivity index is 1.69. The first kappa shape index (κ1) is 37.0. The van der Waals surface area contributed by atoms with Crippen molar-refractivity contribution in [2.75, 3.05) is 31.7 Å². The lowest BCUT2D eigenvalue weighted by Crippen LogP contribution is -2.25. The average Bonchev–Trinajstić information content (AvgIpc) is 3.02. The van der Waals surface area contributed by atoms with Crippen LogP contribution in [-0.2, 0) is 34.6 Å². The standard InChI is InChI=1S/C29H35N5O13S/c1-29(2,3)20-11-13-24(14-12-20)48(40,41)32-27-26(46-22-8-5-7-21(17-22)42-4)28(31-19-30-27)44-16-15-43-25(35)10-6-9-23(47-34(38)39)18-45-33(36)37/h5,7-8,11-14,17,19,23H,6,9-10,15-16,18H2,1-4H3,(H,30,31,32). The van der Waals surface area contributed by atoms with Crippen LogP contribution < -0.4 is 18.9 Å². The van der Waals surface area contributed by atoms with Gasteiger partial charge in [-0.2, -0.15) is 4.98 Å². The summed E-state index contributed by atoms with van der Waals surface area (Å²) in [5, 5.41) is 18.7. The van der Waals surface area contributed by atoms with Gasteiger partial charge in [0.25, 0.3) is 26.1 Å². The number of carbonyl (C=O) groups excluding carboxylic acids is 1. The Labute approximate surface area is 275 Å². The Morgan fingerprint density at radius 3 is 2.35 bits per heavy atom. The van der Waals surface area contributed by atoms with E-state index in [4.69, 9.17) is 18.9 Å². The van der Waals surface area contributed by atoms with Crippen LogP contribution in [0.5, 0.6) is 23.1 Å². The molecule has 48 heavy (non-hydrogen) atoms. The van der Waals surface area contributed by atoms with Crippen LogP contribution in [0.1, 0.15) is 45.6 Å². The van der Waals surface area contributed by atoms with Crippen molar-refractivity contribution in [3.63, 3.8) is 0 Å². The van der Waals surface area contributed by atoms with Gasteiger partial charge in [-0.15, -0.1) is 20.2 Å². The lowest BCUT2D eigenvalue weighted by Gasteiger charge is -2.19. The van der Waals surface area contributed by atoms with Gasteiger partial charge in [-0.1, -0.05) is 39.0 Å². The molecule has 0 spiro atoms. The number of anilines is 1. The van der Waals surface area contributed by atoms with Crippen molar-refractivity contribution >= 4 is 21.8 Å². The fourth-order valence-corrected chi connectivity index (χ4v) is 5.01. The molecule has 19 heteroatoms. The van der Waals surface area contributed by atoms with Crippen LogP contribution in [0.2, 0.25) is 0 Å². The second kappa shape index (κ2) is 16.9. The van der Waals surface area contributed by atoms with Crippen molar-refractivity contribution in [1.82, 2.24) is 9.97 Å². The molecule has 0 aliphatic carbocycles. The van der Waals surface area contributed by atoms with Gasteiger partial charge in [0.05, 0.1) is 12.0 Å². The zero-order chi connectivity index (χ0) is 35.3. The van der Waals surface area contributed by atoms with E-state index in [2.05, 4.69) is 24.4 Å². The molecule has 0 saturated heterocycles. The fraction of sp³-hybridized carbons (Fsp3) is 0.414. The second-order valence-electron chi connectivity index (χ2n) is 10.9. The summed E-state index contributed by atoms with van der Waals surface area (Å²) < 4.78 is 51.1. The Hall–Kier alpha value is -5.46. The summed E-state index contributed by atoms with van der Waals surface area (Å²) in [7, 11) is -2.68. The molecule has 2 aromatic carbocycles. The predicted molar refractivity (Wildman–Crippen MR) is 166 cm³/mol. The maximum atomic E-state index is 13.3.